The fraction of sp³-hybridized carbons (Fsp3) is 0.414. The zero-order chi connectivity index (χ0) is 26.5. The summed E-state index contributed by atoms with van der Waals surface area (Å²) in [7, 11) is 1.66. The second-order valence-electron chi connectivity index (χ2n) is 9.72. The van der Waals surface area contributed by atoms with Crippen LogP contribution >= 0.6 is 11.6 Å². The van der Waals surface area contributed by atoms with Gasteiger partial charge in [0, 0.05) is 49.3 Å². The number of para-hydroxylation sites is 1. The number of nitrogens with zero attached hydrogens (tertiary/aromatic N) is 2. The summed E-state index contributed by atoms with van der Waals surface area (Å²) in [6.07, 6.45) is 4.35. The zero-order valence-electron chi connectivity index (χ0n) is 21.2. The van der Waals surface area contributed by atoms with Crippen LogP contribution in [0.25, 0.3) is 10.9 Å². The van der Waals surface area contributed by atoms with Crippen molar-refractivity contribution in [3.63, 3.8) is 0 Å². The first-order chi connectivity index (χ1) is 17.8. The van der Waals surface area contributed by atoms with Gasteiger partial charge in [0.1, 0.15) is 12.4 Å². The van der Waals surface area contributed by atoms with Crippen LogP contribution in [0.4, 0.5) is 4.39 Å². The van der Waals surface area contributed by atoms with Gasteiger partial charge < -0.3 is 14.2 Å². The molecule has 37 heavy (non-hydrogen) atoms. The lowest BCUT2D eigenvalue weighted by Gasteiger charge is -2.24. The van der Waals surface area contributed by atoms with Crippen LogP contribution in [0.15, 0.2) is 48.7 Å². The second kappa shape index (κ2) is 12.0. The number of aryl methyl sites for hydroxylation is 1. The van der Waals surface area contributed by atoms with E-state index in [0.29, 0.717) is 30.7 Å². The number of ether oxygens (including phenoxy) is 1. The third kappa shape index (κ3) is 6.11. The van der Waals surface area contributed by atoms with Gasteiger partial charge in [-0.25, -0.2) is 4.39 Å². The Kier molecular flexibility index (Phi) is 8.77. The van der Waals surface area contributed by atoms with Gasteiger partial charge in [0.05, 0.1) is 11.1 Å². The van der Waals surface area contributed by atoms with Gasteiger partial charge in [-0.3, -0.25) is 14.4 Å². The van der Waals surface area contributed by atoms with Crippen molar-refractivity contribution in [2.24, 2.45) is 5.92 Å². The molecule has 0 bridgehead atoms. The van der Waals surface area contributed by atoms with E-state index in [4.69, 9.17) is 16.3 Å². The topological polar surface area (TPSA) is 68.6 Å². The molecule has 6 nitrogen and oxygen atoms in total. The van der Waals surface area contributed by atoms with Crippen molar-refractivity contribution in [3.8, 4) is 0 Å². The predicted octanol–water partition coefficient (Wildman–Crippen LogP) is 5.48. The summed E-state index contributed by atoms with van der Waals surface area (Å²) in [4.78, 5) is 40.7. The lowest BCUT2D eigenvalue weighted by atomic mass is 9.96. The monoisotopic (exact) mass is 526 g/mol. The third-order valence-electron chi connectivity index (χ3n) is 7.19. The van der Waals surface area contributed by atoms with Gasteiger partial charge in [-0.1, -0.05) is 41.9 Å². The SMILES string of the molecule is COCCC[C@H]1C[C@@H](C(=O)CCc2cccc(Cl)c2F)N(C(=O)Cn2cc(C(C)=O)c3ccccc32)C1. The normalized spacial score (nSPS) is 17.5. The molecule has 0 radical (unpaired) electrons. The van der Waals surface area contributed by atoms with Gasteiger partial charge >= 0.3 is 0 Å². The number of rotatable bonds is 11. The largest absolute Gasteiger partial charge is 0.385 e. The van der Waals surface area contributed by atoms with Gasteiger partial charge in [0.2, 0.25) is 5.91 Å². The molecule has 8 heteroatoms. The van der Waals surface area contributed by atoms with Gasteiger partial charge in [0.25, 0.3) is 0 Å². The number of ketones is 2. The van der Waals surface area contributed by atoms with Gasteiger partial charge in [-0.05, 0) is 56.2 Å². The van der Waals surface area contributed by atoms with Crippen LogP contribution in [0.2, 0.25) is 5.02 Å². The highest BCUT2D eigenvalue weighted by molar-refractivity contribution is 6.30. The number of halogens is 2. The minimum Gasteiger partial charge on any atom is -0.385 e. The Labute approximate surface area is 221 Å². The van der Waals surface area contributed by atoms with Crippen LogP contribution in [-0.4, -0.2) is 53.2 Å². The summed E-state index contributed by atoms with van der Waals surface area (Å²) in [5.41, 5.74) is 1.76. The van der Waals surface area contributed by atoms with E-state index in [9.17, 15) is 18.8 Å². The highest BCUT2D eigenvalue weighted by atomic mass is 35.5. The molecular weight excluding hydrogens is 495 g/mol. The summed E-state index contributed by atoms with van der Waals surface area (Å²) >= 11 is 5.89. The fourth-order valence-corrected chi connectivity index (χ4v) is 5.48. The standard InChI is InChI=1S/C29H32ClFN2O4/c1-19(34)23-17-32(25-11-4-3-9-22(23)25)18-28(36)33-16-20(7-6-14-37-2)15-26(33)27(35)13-12-21-8-5-10-24(30)29(21)31/h3-5,8-11,17,20,26H,6-7,12-16,18H2,1-2H3/t20-,26-/m0/s1. The highest BCUT2D eigenvalue weighted by Crippen LogP contribution is 2.30. The Morgan fingerprint density at radius 1 is 1.14 bits per heavy atom. The Morgan fingerprint density at radius 2 is 1.92 bits per heavy atom. The maximum atomic E-state index is 14.4. The average Bonchev–Trinajstić information content (AvgIpc) is 3.47. The maximum absolute atomic E-state index is 14.4. The van der Waals surface area contributed by atoms with E-state index in [0.717, 1.165) is 23.7 Å². The molecule has 1 aromatic heterocycles. The molecule has 196 valence electrons. The van der Waals surface area contributed by atoms with Crippen molar-refractivity contribution in [3.05, 3.63) is 70.6 Å². The van der Waals surface area contributed by atoms with Crippen molar-refractivity contribution in [2.75, 3.05) is 20.3 Å². The summed E-state index contributed by atoms with van der Waals surface area (Å²) in [5.74, 6) is -0.635. The van der Waals surface area contributed by atoms with E-state index in [1.807, 2.05) is 24.3 Å². The van der Waals surface area contributed by atoms with E-state index >= 15 is 0 Å². The molecule has 1 amide bonds. The van der Waals surface area contributed by atoms with Crippen molar-refractivity contribution in [1.29, 1.82) is 0 Å². The number of fused-ring (bicyclic) bond motifs is 1. The quantitative estimate of drug-likeness (QED) is 0.245. The number of carbonyl (C=O) groups excluding carboxylic acids is 3. The Bertz CT molecular complexity index is 1300. The van der Waals surface area contributed by atoms with Gasteiger partial charge in [-0.15, -0.1) is 0 Å². The second-order valence-corrected chi connectivity index (χ2v) is 10.1. The minimum absolute atomic E-state index is 0.0321. The van der Waals surface area contributed by atoms with Crippen molar-refractivity contribution < 1.29 is 23.5 Å². The number of hydrogen-bond acceptors (Lipinski definition) is 4. The van der Waals surface area contributed by atoms with E-state index in [1.165, 1.54) is 13.0 Å². The van der Waals surface area contributed by atoms with Crippen molar-refractivity contribution in [2.45, 2.75) is 51.6 Å². The third-order valence-corrected chi connectivity index (χ3v) is 7.48. The molecule has 3 aromatic rings. The molecule has 2 atom stereocenters. The molecule has 0 unspecified atom stereocenters. The van der Waals surface area contributed by atoms with Crippen LogP contribution in [0, 0.1) is 11.7 Å². The molecule has 0 N–H and O–H groups in total. The fourth-order valence-electron chi connectivity index (χ4n) is 5.29. The summed E-state index contributed by atoms with van der Waals surface area (Å²) in [6, 6.07) is 11.7. The summed E-state index contributed by atoms with van der Waals surface area (Å²) in [6.45, 7) is 2.66. The number of amides is 1. The van der Waals surface area contributed by atoms with Crippen LogP contribution in [0.3, 0.4) is 0 Å². The Balaban J connectivity index is 1.52. The number of benzene rings is 2. The van der Waals surface area contributed by atoms with Crippen molar-refractivity contribution in [1.82, 2.24) is 9.47 Å². The zero-order valence-corrected chi connectivity index (χ0v) is 22.0. The van der Waals surface area contributed by atoms with Crippen LogP contribution in [0.1, 0.15) is 48.5 Å². The maximum Gasteiger partial charge on any atom is 0.243 e. The van der Waals surface area contributed by atoms with Crippen LogP contribution < -0.4 is 0 Å². The van der Waals surface area contributed by atoms with E-state index in [1.54, 1.807) is 34.9 Å². The molecule has 4 rings (SSSR count). The summed E-state index contributed by atoms with van der Waals surface area (Å²) < 4.78 is 21.3. The molecule has 0 saturated carbocycles. The first-order valence-electron chi connectivity index (χ1n) is 12.6. The lowest BCUT2D eigenvalue weighted by Crippen LogP contribution is -2.42. The summed E-state index contributed by atoms with van der Waals surface area (Å²) in [5, 5.41) is 0.836. The molecule has 1 saturated heterocycles. The predicted molar refractivity (Wildman–Crippen MR) is 141 cm³/mol. The average molecular weight is 527 g/mol. The van der Waals surface area contributed by atoms with Crippen molar-refractivity contribution >= 4 is 40.0 Å². The molecule has 2 aromatic carbocycles. The molecule has 1 aliphatic heterocycles. The van der Waals surface area contributed by atoms with E-state index in [2.05, 4.69) is 0 Å². The minimum atomic E-state index is -0.559. The van der Waals surface area contributed by atoms with Crippen LogP contribution in [-0.2, 0) is 27.3 Å². The Morgan fingerprint density at radius 3 is 2.68 bits per heavy atom. The molecule has 1 fully saturated rings. The number of aromatic nitrogens is 1. The molecular formula is C29H32ClFN2O4. The first-order valence-corrected chi connectivity index (χ1v) is 13.0. The number of carbonyl (C=O) groups is 3. The first kappa shape index (κ1) is 27.0. The number of Topliss-reactive ketones (excluding diaryl/α,β-unsaturated/α-hetero) is 2. The van der Waals surface area contributed by atoms with Crippen LogP contribution in [0.5, 0.6) is 0 Å². The number of hydrogen-bond donors (Lipinski definition) is 0. The molecule has 2 heterocycles. The highest BCUT2D eigenvalue weighted by Gasteiger charge is 2.38. The van der Waals surface area contributed by atoms with Gasteiger partial charge in [-0.2, -0.15) is 0 Å². The molecule has 0 aliphatic carbocycles. The molecule has 1 aliphatic rings. The lowest BCUT2D eigenvalue weighted by molar-refractivity contribution is -0.138. The molecule has 0 spiro atoms. The Hall–Kier alpha value is -3.03. The van der Waals surface area contributed by atoms with Gasteiger partial charge in [0.15, 0.2) is 11.6 Å². The van der Waals surface area contributed by atoms with E-state index in [-0.39, 0.29) is 47.8 Å². The number of methoxy groups -OCH3 is 1. The smallest absolute Gasteiger partial charge is 0.243 e. The van der Waals surface area contributed by atoms with E-state index < -0.39 is 11.9 Å². The number of likely N-dealkylation sites (tertiary alicyclic amines) is 1.